The highest BCUT2D eigenvalue weighted by molar-refractivity contribution is 5.43. The van der Waals surface area contributed by atoms with Crippen LogP contribution < -0.4 is 14.8 Å². The normalized spacial score (nSPS) is 16.1. The standard InChI is InChI=1S/C23H31NO3/c1-3-13-27-22-16-19(9-10-21(22)25-2)17-24-18-23(11-14-26-15-12-23)20-7-5-4-6-8-20/h4-10,16,24H,3,11-15,17-18H2,1-2H3. The highest BCUT2D eigenvalue weighted by Crippen LogP contribution is 2.34. The molecule has 0 aliphatic carbocycles. The van der Waals surface area contributed by atoms with E-state index < -0.39 is 0 Å². The van der Waals surface area contributed by atoms with Crippen molar-refractivity contribution in [3.63, 3.8) is 0 Å². The van der Waals surface area contributed by atoms with Crippen molar-refractivity contribution in [3.8, 4) is 11.5 Å². The lowest BCUT2D eigenvalue weighted by molar-refractivity contribution is 0.0498. The first-order valence-electron chi connectivity index (χ1n) is 9.91. The summed E-state index contributed by atoms with van der Waals surface area (Å²) in [6.07, 6.45) is 3.09. The molecule has 0 saturated carbocycles. The molecule has 0 atom stereocenters. The lowest BCUT2D eigenvalue weighted by atomic mass is 9.74. The molecule has 0 amide bonds. The highest BCUT2D eigenvalue weighted by Gasteiger charge is 2.33. The zero-order chi connectivity index (χ0) is 19.0. The van der Waals surface area contributed by atoms with Gasteiger partial charge in [0, 0.05) is 31.7 Å². The van der Waals surface area contributed by atoms with Crippen molar-refractivity contribution in [2.45, 2.75) is 38.1 Å². The van der Waals surface area contributed by atoms with Gasteiger partial charge in [0.1, 0.15) is 0 Å². The van der Waals surface area contributed by atoms with Gasteiger partial charge in [0.05, 0.1) is 13.7 Å². The molecule has 2 aromatic rings. The van der Waals surface area contributed by atoms with Gasteiger partial charge in [-0.1, -0.05) is 43.3 Å². The fourth-order valence-electron chi connectivity index (χ4n) is 3.72. The molecular weight excluding hydrogens is 338 g/mol. The van der Waals surface area contributed by atoms with E-state index in [0.717, 1.165) is 57.1 Å². The molecule has 1 aliphatic heterocycles. The van der Waals surface area contributed by atoms with Gasteiger partial charge >= 0.3 is 0 Å². The number of ether oxygens (including phenoxy) is 3. The van der Waals surface area contributed by atoms with Gasteiger partial charge in [-0.2, -0.15) is 0 Å². The lowest BCUT2D eigenvalue weighted by Gasteiger charge is -2.38. The lowest BCUT2D eigenvalue weighted by Crippen LogP contribution is -2.42. The first kappa shape index (κ1) is 19.7. The molecule has 1 N–H and O–H groups in total. The number of hydrogen-bond donors (Lipinski definition) is 1. The summed E-state index contributed by atoms with van der Waals surface area (Å²) in [6, 6.07) is 17.0. The first-order valence-corrected chi connectivity index (χ1v) is 9.91. The van der Waals surface area contributed by atoms with Crippen molar-refractivity contribution >= 4 is 0 Å². The Labute approximate surface area is 162 Å². The number of methoxy groups -OCH3 is 1. The van der Waals surface area contributed by atoms with E-state index in [1.807, 2.05) is 6.07 Å². The van der Waals surface area contributed by atoms with E-state index in [4.69, 9.17) is 14.2 Å². The maximum Gasteiger partial charge on any atom is 0.161 e. The highest BCUT2D eigenvalue weighted by atomic mass is 16.5. The van der Waals surface area contributed by atoms with Crippen LogP contribution >= 0.6 is 0 Å². The molecule has 1 heterocycles. The average molecular weight is 370 g/mol. The Hall–Kier alpha value is -2.04. The van der Waals surface area contributed by atoms with Crippen molar-refractivity contribution in [1.29, 1.82) is 0 Å². The van der Waals surface area contributed by atoms with E-state index >= 15 is 0 Å². The van der Waals surface area contributed by atoms with E-state index in [0.29, 0.717) is 6.61 Å². The summed E-state index contributed by atoms with van der Waals surface area (Å²) in [7, 11) is 1.68. The van der Waals surface area contributed by atoms with Gasteiger partial charge in [-0.15, -0.1) is 0 Å². The molecule has 0 radical (unpaired) electrons. The SMILES string of the molecule is CCCOc1cc(CNCC2(c3ccccc3)CCOCC2)ccc1OC. The summed E-state index contributed by atoms with van der Waals surface area (Å²) >= 11 is 0. The molecule has 1 fully saturated rings. The molecule has 3 rings (SSSR count). The van der Waals surface area contributed by atoms with Crippen molar-refractivity contribution in [2.24, 2.45) is 0 Å². The van der Waals surface area contributed by atoms with Gasteiger partial charge in [0.2, 0.25) is 0 Å². The van der Waals surface area contributed by atoms with Crippen LogP contribution in [-0.2, 0) is 16.7 Å². The molecule has 0 spiro atoms. The smallest absolute Gasteiger partial charge is 0.161 e. The van der Waals surface area contributed by atoms with E-state index in [1.165, 1.54) is 11.1 Å². The maximum absolute atomic E-state index is 5.83. The van der Waals surface area contributed by atoms with E-state index in [1.54, 1.807) is 7.11 Å². The predicted molar refractivity (Wildman–Crippen MR) is 109 cm³/mol. The van der Waals surface area contributed by atoms with Crippen LogP contribution in [0.2, 0.25) is 0 Å². The van der Waals surface area contributed by atoms with Crippen LogP contribution in [0.3, 0.4) is 0 Å². The molecule has 2 aromatic carbocycles. The van der Waals surface area contributed by atoms with Crippen LogP contribution in [-0.4, -0.2) is 33.5 Å². The minimum absolute atomic E-state index is 0.146. The Morgan fingerprint density at radius 1 is 1.04 bits per heavy atom. The van der Waals surface area contributed by atoms with Gasteiger partial charge < -0.3 is 19.5 Å². The summed E-state index contributed by atoms with van der Waals surface area (Å²) in [5.74, 6) is 1.61. The predicted octanol–water partition coefficient (Wildman–Crippen LogP) is 4.32. The van der Waals surface area contributed by atoms with Gasteiger partial charge in [-0.3, -0.25) is 0 Å². The average Bonchev–Trinajstić information content (AvgIpc) is 2.73. The first-order chi connectivity index (χ1) is 13.3. The number of benzene rings is 2. The Balaban J connectivity index is 1.66. The third-order valence-corrected chi connectivity index (χ3v) is 5.32. The Bertz CT molecular complexity index is 696. The van der Waals surface area contributed by atoms with Crippen molar-refractivity contribution in [1.82, 2.24) is 5.32 Å². The Morgan fingerprint density at radius 3 is 2.52 bits per heavy atom. The van der Waals surface area contributed by atoms with Crippen LogP contribution in [0.5, 0.6) is 11.5 Å². The van der Waals surface area contributed by atoms with E-state index in [2.05, 4.69) is 54.7 Å². The van der Waals surface area contributed by atoms with Gasteiger partial charge in [-0.05, 0) is 42.5 Å². The molecular formula is C23H31NO3. The van der Waals surface area contributed by atoms with Crippen LogP contribution in [0.25, 0.3) is 0 Å². The van der Waals surface area contributed by atoms with E-state index in [9.17, 15) is 0 Å². The number of hydrogen-bond acceptors (Lipinski definition) is 4. The minimum atomic E-state index is 0.146. The molecule has 1 saturated heterocycles. The van der Waals surface area contributed by atoms with Crippen molar-refractivity contribution < 1.29 is 14.2 Å². The molecule has 27 heavy (non-hydrogen) atoms. The zero-order valence-corrected chi connectivity index (χ0v) is 16.5. The molecule has 0 bridgehead atoms. The maximum atomic E-state index is 5.83. The summed E-state index contributed by atoms with van der Waals surface area (Å²) in [4.78, 5) is 0. The molecule has 146 valence electrons. The quantitative estimate of drug-likeness (QED) is 0.714. The van der Waals surface area contributed by atoms with Crippen molar-refractivity contribution in [2.75, 3.05) is 33.5 Å². The monoisotopic (exact) mass is 369 g/mol. The van der Waals surface area contributed by atoms with Gasteiger partial charge in [-0.25, -0.2) is 0 Å². The van der Waals surface area contributed by atoms with E-state index in [-0.39, 0.29) is 5.41 Å². The largest absolute Gasteiger partial charge is 0.493 e. The van der Waals surface area contributed by atoms with Crippen LogP contribution in [0.4, 0.5) is 0 Å². The second-order valence-corrected chi connectivity index (χ2v) is 7.20. The molecule has 4 nitrogen and oxygen atoms in total. The fraction of sp³-hybridized carbons (Fsp3) is 0.478. The molecule has 0 aromatic heterocycles. The van der Waals surface area contributed by atoms with Crippen molar-refractivity contribution in [3.05, 3.63) is 59.7 Å². The third kappa shape index (κ3) is 5.02. The van der Waals surface area contributed by atoms with Crippen LogP contribution in [0, 0.1) is 0 Å². The fourth-order valence-corrected chi connectivity index (χ4v) is 3.72. The Morgan fingerprint density at radius 2 is 1.81 bits per heavy atom. The summed E-state index contributed by atoms with van der Waals surface area (Å²) in [5, 5.41) is 3.68. The number of rotatable bonds is 9. The van der Waals surface area contributed by atoms with Gasteiger partial charge in [0.25, 0.3) is 0 Å². The summed E-state index contributed by atoms with van der Waals surface area (Å²) < 4.78 is 16.9. The second kappa shape index (κ2) is 9.77. The van der Waals surface area contributed by atoms with Crippen LogP contribution in [0.1, 0.15) is 37.3 Å². The van der Waals surface area contributed by atoms with Gasteiger partial charge in [0.15, 0.2) is 11.5 Å². The summed E-state index contributed by atoms with van der Waals surface area (Å²) in [6.45, 7) is 6.21. The number of nitrogens with one attached hydrogen (secondary N) is 1. The topological polar surface area (TPSA) is 39.7 Å². The third-order valence-electron chi connectivity index (χ3n) is 5.32. The summed E-state index contributed by atoms with van der Waals surface area (Å²) in [5.41, 5.74) is 2.76. The second-order valence-electron chi connectivity index (χ2n) is 7.20. The molecule has 1 aliphatic rings. The minimum Gasteiger partial charge on any atom is -0.493 e. The molecule has 0 unspecified atom stereocenters. The van der Waals surface area contributed by atoms with Crippen LogP contribution in [0.15, 0.2) is 48.5 Å². The molecule has 4 heteroatoms. The Kier molecular flexibility index (Phi) is 7.13. The zero-order valence-electron chi connectivity index (χ0n) is 16.5.